The van der Waals surface area contributed by atoms with E-state index in [1.807, 2.05) is 24.7 Å². The van der Waals surface area contributed by atoms with E-state index in [0.29, 0.717) is 24.5 Å². The standard InChI is InChI=1S/C13H17N5O2/c1-3-14-10-5-4-6-11(13(10)18(19)20)16-9-12-15-7-8-17(12)2/h4-8,14,16H,3,9H2,1-2H3. The number of aryl methyl sites for hydroxylation is 1. The number of nitrogens with one attached hydrogen (secondary N) is 2. The van der Waals surface area contributed by atoms with E-state index >= 15 is 0 Å². The Morgan fingerprint density at radius 2 is 2.05 bits per heavy atom. The highest BCUT2D eigenvalue weighted by Gasteiger charge is 2.19. The van der Waals surface area contributed by atoms with Crippen molar-refractivity contribution in [3.63, 3.8) is 0 Å². The van der Waals surface area contributed by atoms with E-state index in [4.69, 9.17) is 0 Å². The number of nitro groups is 1. The van der Waals surface area contributed by atoms with E-state index < -0.39 is 0 Å². The van der Waals surface area contributed by atoms with E-state index in [1.54, 1.807) is 24.4 Å². The molecule has 0 unspecified atom stereocenters. The molecule has 0 radical (unpaired) electrons. The van der Waals surface area contributed by atoms with Gasteiger partial charge in [-0.1, -0.05) is 6.07 Å². The third kappa shape index (κ3) is 2.87. The van der Waals surface area contributed by atoms with Gasteiger partial charge in [0.25, 0.3) is 0 Å². The maximum absolute atomic E-state index is 11.3. The van der Waals surface area contributed by atoms with Crippen LogP contribution >= 0.6 is 0 Å². The quantitative estimate of drug-likeness (QED) is 0.624. The summed E-state index contributed by atoms with van der Waals surface area (Å²) in [5.74, 6) is 0.813. The van der Waals surface area contributed by atoms with Crippen LogP contribution in [0.5, 0.6) is 0 Å². The summed E-state index contributed by atoms with van der Waals surface area (Å²) >= 11 is 0. The fraction of sp³-hybridized carbons (Fsp3) is 0.308. The smallest absolute Gasteiger partial charge is 0.315 e. The van der Waals surface area contributed by atoms with Crippen LogP contribution in [0.25, 0.3) is 0 Å². The molecule has 20 heavy (non-hydrogen) atoms. The Balaban J connectivity index is 2.24. The van der Waals surface area contributed by atoms with Gasteiger partial charge in [0.05, 0.1) is 11.5 Å². The molecular formula is C13H17N5O2. The molecular weight excluding hydrogens is 258 g/mol. The summed E-state index contributed by atoms with van der Waals surface area (Å²) in [7, 11) is 1.88. The molecule has 0 aliphatic heterocycles. The summed E-state index contributed by atoms with van der Waals surface area (Å²) in [6.45, 7) is 2.96. The molecule has 0 aliphatic carbocycles. The second-order valence-electron chi connectivity index (χ2n) is 4.30. The number of rotatable bonds is 6. The minimum atomic E-state index is -0.376. The lowest BCUT2D eigenvalue weighted by atomic mass is 10.2. The normalized spacial score (nSPS) is 10.3. The molecule has 0 amide bonds. The third-order valence-corrected chi connectivity index (χ3v) is 2.94. The first kappa shape index (κ1) is 13.9. The zero-order valence-electron chi connectivity index (χ0n) is 11.5. The maximum Gasteiger partial charge on any atom is 0.315 e. The average molecular weight is 275 g/mol. The number of nitrogens with zero attached hydrogens (tertiary/aromatic N) is 3. The van der Waals surface area contributed by atoms with Gasteiger partial charge < -0.3 is 15.2 Å². The molecule has 0 atom stereocenters. The number of hydrogen-bond donors (Lipinski definition) is 2. The molecule has 0 aliphatic rings. The molecule has 0 fully saturated rings. The number of imidazole rings is 1. The lowest BCUT2D eigenvalue weighted by Gasteiger charge is -2.10. The Morgan fingerprint density at radius 3 is 2.60 bits per heavy atom. The first-order valence-corrected chi connectivity index (χ1v) is 6.34. The highest BCUT2D eigenvalue weighted by Crippen LogP contribution is 2.32. The summed E-state index contributed by atoms with van der Waals surface area (Å²) in [5.41, 5.74) is 1.06. The molecule has 2 N–H and O–H groups in total. The van der Waals surface area contributed by atoms with Crippen molar-refractivity contribution in [2.24, 2.45) is 7.05 Å². The molecule has 2 rings (SSSR count). The van der Waals surface area contributed by atoms with Gasteiger partial charge >= 0.3 is 5.69 Å². The van der Waals surface area contributed by atoms with E-state index in [-0.39, 0.29) is 10.6 Å². The molecule has 0 saturated heterocycles. The van der Waals surface area contributed by atoms with E-state index in [2.05, 4.69) is 15.6 Å². The summed E-state index contributed by atoms with van der Waals surface area (Å²) < 4.78 is 1.87. The monoisotopic (exact) mass is 275 g/mol. The summed E-state index contributed by atoms with van der Waals surface area (Å²) in [6, 6.07) is 5.18. The number of para-hydroxylation sites is 1. The van der Waals surface area contributed by atoms with E-state index in [1.165, 1.54) is 0 Å². The van der Waals surface area contributed by atoms with E-state index in [0.717, 1.165) is 5.82 Å². The molecule has 2 aromatic rings. The molecule has 106 valence electrons. The van der Waals surface area contributed by atoms with Crippen molar-refractivity contribution in [1.82, 2.24) is 9.55 Å². The molecule has 0 saturated carbocycles. The lowest BCUT2D eigenvalue weighted by molar-refractivity contribution is -0.383. The van der Waals surface area contributed by atoms with Crippen LogP contribution in [-0.2, 0) is 13.6 Å². The van der Waals surface area contributed by atoms with Crippen LogP contribution in [0.3, 0.4) is 0 Å². The van der Waals surface area contributed by atoms with Gasteiger partial charge in [-0.2, -0.15) is 0 Å². The van der Waals surface area contributed by atoms with Crippen LogP contribution in [0.4, 0.5) is 17.1 Å². The Bertz CT molecular complexity index is 609. The van der Waals surface area contributed by atoms with Gasteiger partial charge in [0.15, 0.2) is 0 Å². The summed E-state index contributed by atoms with van der Waals surface area (Å²) in [4.78, 5) is 15.1. The van der Waals surface area contributed by atoms with Crippen LogP contribution < -0.4 is 10.6 Å². The molecule has 1 aromatic carbocycles. The molecule has 1 heterocycles. The number of hydrogen-bond acceptors (Lipinski definition) is 5. The fourth-order valence-electron chi connectivity index (χ4n) is 1.96. The van der Waals surface area contributed by atoms with Crippen molar-refractivity contribution in [1.29, 1.82) is 0 Å². The zero-order valence-corrected chi connectivity index (χ0v) is 11.5. The Hall–Kier alpha value is -2.57. The summed E-state index contributed by atoms with van der Waals surface area (Å²) in [6.07, 6.45) is 3.53. The SMILES string of the molecule is CCNc1cccc(NCc2nccn2C)c1[N+](=O)[O-]. The molecule has 0 spiro atoms. The molecule has 7 heteroatoms. The van der Waals surface area contributed by atoms with Crippen molar-refractivity contribution in [3.8, 4) is 0 Å². The number of benzene rings is 1. The van der Waals surface area contributed by atoms with Crippen LogP contribution in [0.1, 0.15) is 12.7 Å². The molecule has 1 aromatic heterocycles. The first-order valence-electron chi connectivity index (χ1n) is 6.34. The largest absolute Gasteiger partial charge is 0.380 e. The van der Waals surface area contributed by atoms with Crippen molar-refractivity contribution >= 4 is 17.1 Å². The highest BCUT2D eigenvalue weighted by molar-refractivity contribution is 5.76. The highest BCUT2D eigenvalue weighted by atomic mass is 16.6. The predicted molar refractivity (Wildman–Crippen MR) is 77.8 cm³/mol. The number of aromatic nitrogens is 2. The van der Waals surface area contributed by atoms with Gasteiger partial charge in [-0.15, -0.1) is 0 Å². The second-order valence-corrected chi connectivity index (χ2v) is 4.30. The minimum absolute atomic E-state index is 0.0589. The predicted octanol–water partition coefficient (Wildman–Crippen LogP) is 2.37. The van der Waals surface area contributed by atoms with Gasteiger partial charge in [0.2, 0.25) is 0 Å². The van der Waals surface area contributed by atoms with Crippen molar-refractivity contribution in [3.05, 3.63) is 46.5 Å². The zero-order chi connectivity index (χ0) is 14.5. The van der Waals surface area contributed by atoms with Crippen LogP contribution in [0.2, 0.25) is 0 Å². The third-order valence-electron chi connectivity index (χ3n) is 2.94. The second kappa shape index (κ2) is 6.05. The van der Waals surface area contributed by atoms with Gasteiger partial charge in [0.1, 0.15) is 17.2 Å². The fourth-order valence-corrected chi connectivity index (χ4v) is 1.96. The van der Waals surface area contributed by atoms with Gasteiger partial charge in [-0.25, -0.2) is 4.98 Å². The van der Waals surface area contributed by atoms with Gasteiger partial charge in [-0.3, -0.25) is 10.1 Å². The van der Waals surface area contributed by atoms with Crippen molar-refractivity contribution < 1.29 is 4.92 Å². The van der Waals surface area contributed by atoms with Crippen molar-refractivity contribution in [2.75, 3.05) is 17.2 Å². The number of nitro benzene ring substituents is 1. The van der Waals surface area contributed by atoms with Crippen LogP contribution in [0.15, 0.2) is 30.6 Å². The van der Waals surface area contributed by atoms with Crippen LogP contribution in [-0.4, -0.2) is 21.0 Å². The Labute approximate surface area is 116 Å². The Kier molecular flexibility index (Phi) is 4.19. The first-order chi connectivity index (χ1) is 9.63. The van der Waals surface area contributed by atoms with E-state index in [9.17, 15) is 10.1 Å². The number of anilines is 2. The summed E-state index contributed by atoms with van der Waals surface area (Å²) in [5, 5.41) is 17.3. The molecule has 7 nitrogen and oxygen atoms in total. The Morgan fingerprint density at radius 1 is 1.35 bits per heavy atom. The van der Waals surface area contributed by atoms with Gasteiger partial charge in [-0.05, 0) is 19.1 Å². The molecule has 0 bridgehead atoms. The average Bonchev–Trinajstić information content (AvgIpc) is 2.82. The topological polar surface area (TPSA) is 85.0 Å². The maximum atomic E-state index is 11.3. The van der Waals surface area contributed by atoms with Crippen LogP contribution in [0, 0.1) is 10.1 Å². The van der Waals surface area contributed by atoms with Crippen molar-refractivity contribution in [2.45, 2.75) is 13.5 Å². The minimum Gasteiger partial charge on any atom is -0.380 e. The lowest BCUT2D eigenvalue weighted by Crippen LogP contribution is -2.09. The van der Waals surface area contributed by atoms with Gasteiger partial charge in [0, 0.05) is 26.0 Å².